The van der Waals surface area contributed by atoms with Gasteiger partial charge in [0.25, 0.3) is 0 Å². The number of hydrogen-bond acceptors (Lipinski definition) is 3. The Morgan fingerprint density at radius 1 is 1.10 bits per heavy atom. The Morgan fingerprint density at radius 2 is 1.90 bits per heavy atom. The third-order valence-electron chi connectivity index (χ3n) is 3.80. The Morgan fingerprint density at radius 3 is 2.71 bits per heavy atom. The van der Waals surface area contributed by atoms with E-state index in [1.54, 1.807) is 0 Å². The van der Waals surface area contributed by atoms with Crippen LogP contribution < -0.4 is 5.32 Å². The Bertz CT molecular complexity index is 774. The highest BCUT2D eigenvalue weighted by atomic mass is 15.1. The summed E-state index contributed by atoms with van der Waals surface area (Å²) < 4.78 is 2.05. The lowest BCUT2D eigenvalue weighted by molar-refractivity contribution is 0.725. The van der Waals surface area contributed by atoms with Gasteiger partial charge in [-0.25, -0.2) is 9.97 Å². The normalized spacial score (nSPS) is 11.2. The third kappa shape index (κ3) is 2.67. The molecule has 0 bridgehead atoms. The van der Waals surface area contributed by atoms with Gasteiger partial charge in [-0.3, -0.25) is 4.57 Å². The Labute approximate surface area is 124 Å². The predicted octanol–water partition coefficient (Wildman–Crippen LogP) is 3.15. The van der Waals surface area contributed by atoms with Gasteiger partial charge in [-0.05, 0) is 61.3 Å². The zero-order valence-corrected chi connectivity index (χ0v) is 12.7. The number of fused-ring (bicyclic) bond motifs is 1. The summed E-state index contributed by atoms with van der Waals surface area (Å²) in [5.74, 6) is 0.913. The second kappa shape index (κ2) is 5.66. The number of rotatable bonds is 4. The largest absolute Gasteiger partial charge is 0.313 e. The van der Waals surface area contributed by atoms with Gasteiger partial charge in [-0.15, -0.1) is 0 Å². The number of hydrogen-bond donors (Lipinski definition) is 1. The van der Waals surface area contributed by atoms with Crippen LogP contribution in [0.2, 0.25) is 0 Å². The zero-order valence-electron chi connectivity index (χ0n) is 12.7. The van der Waals surface area contributed by atoms with E-state index in [1.807, 2.05) is 18.6 Å². The summed E-state index contributed by atoms with van der Waals surface area (Å²) in [7, 11) is 0. The molecule has 1 N–H and O–H groups in total. The van der Waals surface area contributed by atoms with Crippen molar-refractivity contribution in [1.82, 2.24) is 19.9 Å². The lowest BCUT2D eigenvalue weighted by Gasteiger charge is -2.07. The van der Waals surface area contributed by atoms with E-state index in [9.17, 15) is 0 Å². The average Bonchev–Trinajstić information content (AvgIpc) is 2.89. The van der Waals surface area contributed by atoms with Crippen LogP contribution in [0.25, 0.3) is 16.9 Å². The van der Waals surface area contributed by atoms with E-state index in [-0.39, 0.29) is 0 Å². The van der Waals surface area contributed by atoms with Crippen LogP contribution in [0, 0.1) is 13.8 Å². The first-order chi connectivity index (χ1) is 10.2. The van der Waals surface area contributed by atoms with Gasteiger partial charge in [0.2, 0.25) is 0 Å². The quantitative estimate of drug-likeness (QED) is 0.798. The molecular weight excluding hydrogens is 260 g/mol. The van der Waals surface area contributed by atoms with Gasteiger partial charge >= 0.3 is 0 Å². The molecule has 4 nitrogen and oxygen atoms in total. The summed E-state index contributed by atoms with van der Waals surface area (Å²) in [5, 5.41) is 3.34. The van der Waals surface area contributed by atoms with Gasteiger partial charge in [-0.1, -0.05) is 6.92 Å². The van der Waals surface area contributed by atoms with Crippen LogP contribution in [0.4, 0.5) is 0 Å². The van der Waals surface area contributed by atoms with E-state index in [2.05, 4.69) is 58.8 Å². The van der Waals surface area contributed by atoms with Crippen molar-refractivity contribution >= 4 is 11.0 Å². The van der Waals surface area contributed by atoms with Gasteiger partial charge in [-0.2, -0.15) is 0 Å². The molecule has 4 heteroatoms. The van der Waals surface area contributed by atoms with Gasteiger partial charge in [0.15, 0.2) is 0 Å². The van der Waals surface area contributed by atoms with Crippen molar-refractivity contribution < 1.29 is 0 Å². The molecule has 0 amide bonds. The molecule has 2 heterocycles. The van der Waals surface area contributed by atoms with Crippen molar-refractivity contribution in [2.75, 3.05) is 6.54 Å². The molecule has 0 atom stereocenters. The molecule has 108 valence electrons. The zero-order chi connectivity index (χ0) is 14.8. The lowest BCUT2D eigenvalue weighted by Crippen LogP contribution is -2.12. The van der Waals surface area contributed by atoms with E-state index in [0.717, 1.165) is 29.9 Å². The second-order valence-corrected chi connectivity index (χ2v) is 5.34. The molecule has 3 rings (SSSR count). The van der Waals surface area contributed by atoms with Crippen LogP contribution in [-0.4, -0.2) is 21.1 Å². The summed E-state index contributed by atoms with van der Waals surface area (Å²) >= 11 is 0. The molecule has 2 aromatic heterocycles. The van der Waals surface area contributed by atoms with Crippen LogP contribution in [-0.2, 0) is 6.54 Å². The highest BCUT2D eigenvalue weighted by molar-refractivity contribution is 5.78. The number of nitrogens with one attached hydrogen (secondary N) is 1. The molecule has 0 aliphatic heterocycles. The van der Waals surface area contributed by atoms with Crippen molar-refractivity contribution in [3.63, 3.8) is 0 Å². The van der Waals surface area contributed by atoms with Gasteiger partial charge in [0.1, 0.15) is 12.1 Å². The molecule has 1 aromatic carbocycles. The van der Waals surface area contributed by atoms with E-state index in [1.165, 1.54) is 16.7 Å². The fraction of sp³-hybridized carbons (Fsp3) is 0.294. The maximum absolute atomic E-state index is 4.50. The molecule has 0 aliphatic rings. The van der Waals surface area contributed by atoms with Crippen molar-refractivity contribution in [1.29, 1.82) is 0 Å². The van der Waals surface area contributed by atoms with Crippen molar-refractivity contribution in [2.24, 2.45) is 0 Å². The number of benzene rings is 1. The SMILES string of the molecule is CCNCc1ccnc(-n2cnc3cc(C)c(C)cc32)c1. The molecule has 0 radical (unpaired) electrons. The summed E-state index contributed by atoms with van der Waals surface area (Å²) in [4.78, 5) is 8.98. The van der Waals surface area contributed by atoms with Crippen molar-refractivity contribution in [2.45, 2.75) is 27.3 Å². The van der Waals surface area contributed by atoms with Gasteiger partial charge < -0.3 is 5.32 Å². The first-order valence-corrected chi connectivity index (χ1v) is 7.29. The summed E-state index contributed by atoms with van der Waals surface area (Å²) in [5.41, 5.74) is 5.88. The van der Waals surface area contributed by atoms with Crippen LogP contribution in [0.15, 0.2) is 36.8 Å². The van der Waals surface area contributed by atoms with Crippen LogP contribution in [0.3, 0.4) is 0 Å². The predicted molar refractivity (Wildman–Crippen MR) is 85.7 cm³/mol. The first-order valence-electron chi connectivity index (χ1n) is 7.29. The summed E-state index contributed by atoms with van der Waals surface area (Å²) in [6.07, 6.45) is 3.71. The maximum Gasteiger partial charge on any atom is 0.138 e. The Kier molecular flexibility index (Phi) is 3.71. The van der Waals surface area contributed by atoms with E-state index in [0.29, 0.717) is 0 Å². The number of aromatic nitrogens is 3. The summed E-state index contributed by atoms with van der Waals surface area (Å²) in [6.45, 7) is 8.17. The Balaban J connectivity index is 2.06. The number of pyridine rings is 1. The monoisotopic (exact) mass is 280 g/mol. The first kappa shape index (κ1) is 13.8. The highest BCUT2D eigenvalue weighted by Gasteiger charge is 2.08. The van der Waals surface area contributed by atoms with Crippen molar-refractivity contribution in [3.05, 3.63) is 53.5 Å². The molecule has 0 saturated carbocycles. The average molecular weight is 280 g/mol. The second-order valence-electron chi connectivity index (χ2n) is 5.34. The fourth-order valence-electron chi connectivity index (χ4n) is 2.42. The minimum Gasteiger partial charge on any atom is -0.313 e. The number of imidazole rings is 1. The molecule has 21 heavy (non-hydrogen) atoms. The Hall–Kier alpha value is -2.20. The minimum atomic E-state index is 0.858. The smallest absolute Gasteiger partial charge is 0.138 e. The van der Waals surface area contributed by atoms with E-state index in [4.69, 9.17) is 0 Å². The lowest BCUT2D eigenvalue weighted by atomic mass is 10.1. The van der Waals surface area contributed by atoms with Crippen LogP contribution >= 0.6 is 0 Å². The van der Waals surface area contributed by atoms with Crippen molar-refractivity contribution in [3.8, 4) is 5.82 Å². The van der Waals surface area contributed by atoms with Crippen LogP contribution in [0.5, 0.6) is 0 Å². The number of nitrogens with zero attached hydrogens (tertiary/aromatic N) is 3. The molecule has 0 fully saturated rings. The topological polar surface area (TPSA) is 42.7 Å². The number of aryl methyl sites for hydroxylation is 2. The van der Waals surface area contributed by atoms with E-state index >= 15 is 0 Å². The van der Waals surface area contributed by atoms with E-state index < -0.39 is 0 Å². The standard InChI is InChI=1S/C17H20N4/c1-4-18-10-14-5-6-19-17(9-14)21-11-20-15-7-12(2)13(3)8-16(15)21/h5-9,11,18H,4,10H2,1-3H3. The highest BCUT2D eigenvalue weighted by Crippen LogP contribution is 2.21. The minimum absolute atomic E-state index is 0.858. The van der Waals surface area contributed by atoms with Gasteiger partial charge in [0, 0.05) is 12.7 Å². The molecular formula is C17H20N4. The molecule has 0 spiro atoms. The maximum atomic E-state index is 4.50. The molecule has 0 saturated heterocycles. The summed E-state index contributed by atoms with van der Waals surface area (Å²) in [6, 6.07) is 8.46. The molecule has 3 aromatic rings. The van der Waals surface area contributed by atoms with Crippen LogP contribution in [0.1, 0.15) is 23.6 Å². The molecule has 0 aliphatic carbocycles. The molecule has 0 unspecified atom stereocenters. The third-order valence-corrected chi connectivity index (χ3v) is 3.80. The fourth-order valence-corrected chi connectivity index (χ4v) is 2.42. The van der Waals surface area contributed by atoms with Gasteiger partial charge in [0.05, 0.1) is 11.0 Å².